The second-order valence-corrected chi connectivity index (χ2v) is 5.01. The Hall–Kier alpha value is -0.780. The Morgan fingerprint density at radius 1 is 1.12 bits per heavy atom. The third-order valence-electron chi connectivity index (χ3n) is 3.15. The molecule has 0 aromatic heterocycles. The Labute approximate surface area is 101 Å². The van der Waals surface area contributed by atoms with Crippen molar-refractivity contribution in [1.82, 2.24) is 0 Å². The molecule has 0 spiro atoms. The third kappa shape index (κ3) is 3.66. The summed E-state index contributed by atoms with van der Waals surface area (Å²) in [6.45, 7) is 8.84. The van der Waals surface area contributed by atoms with Crippen LogP contribution in [-0.2, 0) is 19.3 Å². The standard InChI is InChI=1S/C13H18.C3H8/c1-3-11-5-7-12-8-10(2)4-6-13(12)9-11;1-3-2/h5,7,9-10H,3-4,6,8H2,1-2H3;3H2,1-2H3. The van der Waals surface area contributed by atoms with Gasteiger partial charge in [0.25, 0.3) is 0 Å². The van der Waals surface area contributed by atoms with Gasteiger partial charge in [-0.15, -0.1) is 0 Å². The minimum absolute atomic E-state index is 0.889. The Bertz CT molecular complexity index is 312. The van der Waals surface area contributed by atoms with E-state index in [9.17, 15) is 0 Å². The van der Waals surface area contributed by atoms with E-state index in [0.717, 1.165) is 5.92 Å². The van der Waals surface area contributed by atoms with E-state index in [0.29, 0.717) is 0 Å². The van der Waals surface area contributed by atoms with Crippen molar-refractivity contribution in [1.29, 1.82) is 0 Å². The molecule has 0 amide bonds. The zero-order valence-electron chi connectivity index (χ0n) is 11.3. The lowest BCUT2D eigenvalue weighted by Crippen LogP contribution is -2.11. The normalized spacial score (nSPS) is 18.4. The van der Waals surface area contributed by atoms with Gasteiger partial charge < -0.3 is 0 Å². The monoisotopic (exact) mass is 218 g/mol. The number of benzene rings is 1. The molecule has 0 nitrogen and oxygen atoms in total. The van der Waals surface area contributed by atoms with E-state index >= 15 is 0 Å². The van der Waals surface area contributed by atoms with E-state index in [1.54, 1.807) is 11.1 Å². The molecule has 1 unspecified atom stereocenters. The number of hydrogen-bond donors (Lipinski definition) is 0. The number of hydrogen-bond acceptors (Lipinski definition) is 0. The second-order valence-electron chi connectivity index (χ2n) is 5.01. The molecule has 1 aliphatic carbocycles. The molecule has 0 fully saturated rings. The summed E-state index contributed by atoms with van der Waals surface area (Å²) in [5, 5.41) is 0. The summed E-state index contributed by atoms with van der Waals surface area (Å²) in [7, 11) is 0. The summed E-state index contributed by atoms with van der Waals surface area (Å²) in [6.07, 6.45) is 6.38. The van der Waals surface area contributed by atoms with Gasteiger partial charge in [0.2, 0.25) is 0 Å². The highest BCUT2D eigenvalue weighted by molar-refractivity contribution is 5.34. The maximum atomic E-state index is 2.40. The topological polar surface area (TPSA) is 0 Å². The first-order valence-corrected chi connectivity index (χ1v) is 6.81. The van der Waals surface area contributed by atoms with Crippen molar-refractivity contribution in [2.24, 2.45) is 5.92 Å². The SMILES string of the molecule is CCC.CCc1ccc2c(c1)CCC(C)C2. The second kappa shape index (κ2) is 6.73. The average Bonchev–Trinajstić information content (AvgIpc) is 2.29. The molecule has 0 N–H and O–H groups in total. The zero-order valence-corrected chi connectivity index (χ0v) is 11.3. The Kier molecular flexibility index (Phi) is 5.59. The molecule has 16 heavy (non-hydrogen) atoms. The van der Waals surface area contributed by atoms with Crippen LogP contribution in [-0.4, -0.2) is 0 Å². The van der Waals surface area contributed by atoms with E-state index in [1.807, 2.05) is 0 Å². The van der Waals surface area contributed by atoms with Crippen LogP contribution >= 0.6 is 0 Å². The zero-order chi connectivity index (χ0) is 12.0. The fraction of sp³-hybridized carbons (Fsp3) is 0.625. The van der Waals surface area contributed by atoms with Crippen molar-refractivity contribution >= 4 is 0 Å². The van der Waals surface area contributed by atoms with Crippen molar-refractivity contribution in [3.63, 3.8) is 0 Å². The van der Waals surface area contributed by atoms with Gasteiger partial charge in [-0.3, -0.25) is 0 Å². The largest absolute Gasteiger partial charge is 0.0656 e. The Morgan fingerprint density at radius 2 is 1.81 bits per heavy atom. The number of rotatable bonds is 1. The summed E-state index contributed by atoms with van der Waals surface area (Å²) in [6, 6.07) is 7.03. The molecule has 0 saturated carbocycles. The quantitative estimate of drug-likeness (QED) is 0.635. The number of fused-ring (bicyclic) bond motifs is 1. The fourth-order valence-electron chi connectivity index (χ4n) is 2.21. The van der Waals surface area contributed by atoms with Crippen molar-refractivity contribution < 1.29 is 0 Å². The maximum absolute atomic E-state index is 2.40. The van der Waals surface area contributed by atoms with Crippen LogP contribution in [0.2, 0.25) is 0 Å². The van der Waals surface area contributed by atoms with Gasteiger partial charge in [-0.25, -0.2) is 0 Å². The third-order valence-corrected chi connectivity index (χ3v) is 3.15. The molecule has 1 atom stereocenters. The van der Waals surface area contributed by atoms with Gasteiger partial charge in [0.15, 0.2) is 0 Å². The van der Waals surface area contributed by atoms with Crippen LogP contribution in [0, 0.1) is 5.92 Å². The highest BCUT2D eigenvalue weighted by Gasteiger charge is 2.14. The molecule has 0 saturated heterocycles. The summed E-state index contributed by atoms with van der Waals surface area (Å²) in [4.78, 5) is 0. The molecule has 2 rings (SSSR count). The fourth-order valence-corrected chi connectivity index (χ4v) is 2.21. The maximum Gasteiger partial charge on any atom is -0.0250 e. The number of aryl methyl sites for hydroxylation is 2. The van der Waals surface area contributed by atoms with Gasteiger partial charge in [-0.1, -0.05) is 52.3 Å². The summed E-state index contributed by atoms with van der Waals surface area (Å²) < 4.78 is 0. The van der Waals surface area contributed by atoms with E-state index in [4.69, 9.17) is 0 Å². The van der Waals surface area contributed by atoms with Crippen molar-refractivity contribution in [3.8, 4) is 0 Å². The summed E-state index contributed by atoms with van der Waals surface area (Å²) >= 11 is 0. The van der Waals surface area contributed by atoms with Crippen LogP contribution < -0.4 is 0 Å². The van der Waals surface area contributed by atoms with Gasteiger partial charge in [0, 0.05) is 0 Å². The van der Waals surface area contributed by atoms with Crippen LogP contribution in [0.3, 0.4) is 0 Å². The minimum atomic E-state index is 0.889. The highest BCUT2D eigenvalue weighted by atomic mass is 14.2. The van der Waals surface area contributed by atoms with Crippen LogP contribution in [0.25, 0.3) is 0 Å². The lowest BCUT2D eigenvalue weighted by Gasteiger charge is -2.21. The lowest BCUT2D eigenvalue weighted by atomic mass is 9.84. The van der Waals surface area contributed by atoms with Gasteiger partial charge in [-0.2, -0.15) is 0 Å². The smallest absolute Gasteiger partial charge is 0.0250 e. The summed E-state index contributed by atoms with van der Waals surface area (Å²) in [5.74, 6) is 0.889. The van der Waals surface area contributed by atoms with Crippen molar-refractivity contribution in [2.75, 3.05) is 0 Å². The Morgan fingerprint density at radius 3 is 2.44 bits per heavy atom. The van der Waals surface area contributed by atoms with Crippen molar-refractivity contribution in [2.45, 2.75) is 59.8 Å². The molecule has 0 bridgehead atoms. The predicted octanol–water partition coefficient (Wildman–Crippen LogP) is 4.79. The first-order chi connectivity index (χ1) is 7.71. The minimum Gasteiger partial charge on any atom is -0.0656 e. The first-order valence-electron chi connectivity index (χ1n) is 6.81. The van der Waals surface area contributed by atoms with Crippen LogP contribution in [0.15, 0.2) is 18.2 Å². The molecule has 0 heteroatoms. The molecule has 0 heterocycles. The molecule has 90 valence electrons. The van der Waals surface area contributed by atoms with Gasteiger partial charge >= 0.3 is 0 Å². The Balaban J connectivity index is 0.000000386. The first kappa shape index (κ1) is 13.3. The van der Waals surface area contributed by atoms with Crippen LogP contribution in [0.4, 0.5) is 0 Å². The molecule has 1 aliphatic rings. The van der Waals surface area contributed by atoms with Gasteiger partial charge in [-0.05, 0) is 48.3 Å². The van der Waals surface area contributed by atoms with E-state index < -0.39 is 0 Å². The molecule has 0 radical (unpaired) electrons. The van der Waals surface area contributed by atoms with E-state index in [1.165, 1.54) is 37.7 Å². The average molecular weight is 218 g/mol. The van der Waals surface area contributed by atoms with Crippen molar-refractivity contribution in [3.05, 3.63) is 34.9 Å². The molecule has 0 aliphatic heterocycles. The van der Waals surface area contributed by atoms with Gasteiger partial charge in [0.05, 0.1) is 0 Å². The molecule has 1 aromatic rings. The molecule has 1 aromatic carbocycles. The molecular weight excluding hydrogens is 192 g/mol. The van der Waals surface area contributed by atoms with Gasteiger partial charge in [0.1, 0.15) is 0 Å². The van der Waals surface area contributed by atoms with E-state index in [-0.39, 0.29) is 0 Å². The van der Waals surface area contributed by atoms with E-state index in [2.05, 4.69) is 45.9 Å². The molecular formula is C16H26. The summed E-state index contributed by atoms with van der Waals surface area (Å²) in [5.41, 5.74) is 4.70. The highest BCUT2D eigenvalue weighted by Crippen LogP contribution is 2.25. The predicted molar refractivity (Wildman–Crippen MR) is 73.0 cm³/mol. The lowest BCUT2D eigenvalue weighted by molar-refractivity contribution is 0.501. The van der Waals surface area contributed by atoms with Crippen LogP contribution in [0.1, 0.15) is 57.2 Å². The van der Waals surface area contributed by atoms with Crippen LogP contribution in [0.5, 0.6) is 0 Å².